The van der Waals surface area contributed by atoms with Crippen molar-refractivity contribution in [2.45, 2.75) is 17.3 Å². The standard InChI is InChI=1S/C6H11N5O2S/c1-3(4(7)10-13)14-6-9-8-5(12)11(6)2/h3,13H,1-2H3,(H2,7,10)(H,8,12). The van der Waals surface area contributed by atoms with Crippen LogP contribution in [0, 0.1) is 0 Å². The van der Waals surface area contributed by atoms with Gasteiger partial charge in [0.2, 0.25) is 0 Å². The zero-order valence-corrected chi connectivity index (χ0v) is 8.58. The molecule has 0 bridgehead atoms. The zero-order chi connectivity index (χ0) is 10.7. The fourth-order valence-electron chi connectivity index (χ4n) is 0.738. The summed E-state index contributed by atoms with van der Waals surface area (Å²) in [5.74, 6) is 0.0884. The average molecular weight is 217 g/mol. The van der Waals surface area contributed by atoms with Crippen molar-refractivity contribution in [2.24, 2.45) is 17.9 Å². The Hall–Kier alpha value is -1.44. The minimum atomic E-state index is -0.292. The Bertz CT molecular complexity index is 395. The van der Waals surface area contributed by atoms with Crippen molar-refractivity contribution in [1.29, 1.82) is 0 Å². The normalized spacial score (nSPS) is 14.3. The van der Waals surface area contributed by atoms with Crippen LogP contribution in [-0.2, 0) is 7.05 Å². The van der Waals surface area contributed by atoms with E-state index < -0.39 is 0 Å². The predicted octanol–water partition coefficient (Wildman–Crippen LogP) is -0.665. The Morgan fingerprint density at radius 1 is 1.86 bits per heavy atom. The number of oxime groups is 1. The summed E-state index contributed by atoms with van der Waals surface area (Å²) >= 11 is 1.23. The molecule has 1 rings (SSSR count). The molecule has 1 unspecified atom stereocenters. The van der Waals surface area contributed by atoms with Gasteiger partial charge in [-0.3, -0.25) is 4.57 Å². The molecule has 0 aliphatic rings. The first-order valence-electron chi connectivity index (χ1n) is 3.81. The second-order valence-electron chi connectivity index (χ2n) is 2.66. The molecule has 8 heteroatoms. The van der Waals surface area contributed by atoms with Gasteiger partial charge in [0.25, 0.3) is 0 Å². The van der Waals surface area contributed by atoms with Crippen LogP contribution in [0.1, 0.15) is 6.92 Å². The van der Waals surface area contributed by atoms with Crippen molar-refractivity contribution in [2.75, 3.05) is 0 Å². The van der Waals surface area contributed by atoms with Gasteiger partial charge >= 0.3 is 5.69 Å². The Morgan fingerprint density at radius 2 is 2.50 bits per heavy atom. The summed E-state index contributed by atoms with van der Waals surface area (Å²) in [6.07, 6.45) is 0. The monoisotopic (exact) mass is 217 g/mol. The molecule has 78 valence electrons. The topological polar surface area (TPSA) is 109 Å². The lowest BCUT2D eigenvalue weighted by atomic mass is 10.4. The van der Waals surface area contributed by atoms with Crippen molar-refractivity contribution < 1.29 is 5.21 Å². The minimum absolute atomic E-state index is 0.0884. The molecule has 1 atom stereocenters. The summed E-state index contributed by atoms with van der Waals surface area (Å²) in [6, 6.07) is 0. The maximum atomic E-state index is 11.0. The van der Waals surface area contributed by atoms with Crippen LogP contribution in [0.5, 0.6) is 0 Å². The minimum Gasteiger partial charge on any atom is -0.409 e. The molecule has 1 heterocycles. The van der Waals surface area contributed by atoms with E-state index in [1.165, 1.54) is 16.3 Å². The van der Waals surface area contributed by atoms with Gasteiger partial charge in [-0.25, -0.2) is 9.89 Å². The quantitative estimate of drug-likeness (QED) is 0.205. The van der Waals surface area contributed by atoms with E-state index in [1.807, 2.05) is 0 Å². The Labute approximate surface area is 84.0 Å². The summed E-state index contributed by atoms with van der Waals surface area (Å²) in [7, 11) is 1.59. The number of amidine groups is 1. The third kappa shape index (κ3) is 2.08. The van der Waals surface area contributed by atoms with Gasteiger partial charge in [0.05, 0.1) is 5.25 Å². The number of hydrogen-bond donors (Lipinski definition) is 3. The number of thioether (sulfide) groups is 1. The molecule has 0 saturated carbocycles. The highest BCUT2D eigenvalue weighted by molar-refractivity contribution is 8.00. The first-order valence-corrected chi connectivity index (χ1v) is 4.69. The SMILES string of the molecule is CC(Sc1n[nH]c(=O)n1C)C(N)=NO. The van der Waals surface area contributed by atoms with Crippen molar-refractivity contribution in [3.8, 4) is 0 Å². The molecule has 0 spiro atoms. The molecular weight excluding hydrogens is 206 g/mol. The number of nitrogens with zero attached hydrogens (tertiary/aromatic N) is 3. The molecule has 0 saturated heterocycles. The van der Waals surface area contributed by atoms with Crippen LogP contribution in [0.2, 0.25) is 0 Å². The van der Waals surface area contributed by atoms with E-state index in [9.17, 15) is 4.79 Å². The van der Waals surface area contributed by atoms with Crippen LogP contribution in [0.4, 0.5) is 0 Å². The number of nitrogens with one attached hydrogen (secondary N) is 1. The second kappa shape index (κ2) is 4.18. The van der Waals surface area contributed by atoms with E-state index in [4.69, 9.17) is 10.9 Å². The molecule has 1 aromatic heterocycles. The van der Waals surface area contributed by atoms with E-state index in [0.29, 0.717) is 5.16 Å². The smallest absolute Gasteiger partial charge is 0.343 e. The van der Waals surface area contributed by atoms with Gasteiger partial charge < -0.3 is 10.9 Å². The fraction of sp³-hybridized carbons (Fsp3) is 0.500. The Kier molecular flexibility index (Phi) is 3.18. The van der Waals surface area contributed by atoms with Gasteiger partial charge in [-0.1, -0.05) is 16.9 Å². The van der Waals surface area contributed by atoms with Crippen molar-refractivity contribution in [1.82, 2.24) is 14.8 Å². The Balaban J connectivity index is 2.79. The molecule has 0 aliphatic heterocycles. The molecule has 1 aromatic rings. The molecule has 14 heavy (non-hydrogen) atoms. The zero-order valence-electron chi connectivity index (χ0n) is 7.76. The van der Waals surface area contributed by atoms with Crippen molar-refractivity contribution in [3.05, 3.63) is 10.5 Å². The summed E-state index contributed by atoms with van der Waals surface area (Å²) < 4.78 is 1.35. The highest BCUT2D eigenvalue weighted by Gasteiger charge is 2.13. The van der Waals surface area contributed by atoms with Crippen molar-refractivity contribution in [3.63, 3.8) is 0 Å². The highest BCUT2D eigenvalue weighted by Crippen LogP contribution is 2.18. The second-order valence-corrected chi connectivity index (χ2v) is 3.96. The maximum Gasteiger partial charge on any atom is 0.343 e. The molecular formula is C6H11N5O2S. The number of nitrogens with two attached hydrogens (primary N) is 1. The molecule has 0 aliphatic carbocycles. The van der Waals surface area contributed by atoms with Crippen LogP contribution >= 0.6 is 11.8 Å². The molecule has 4 N–H and O–H groups in total. The van der Waals surface area contributed by atoms with Crippen LogP contribution in [0.3, 0.4) is 0 Å². The van der Waals surface area contributed by atoms with Crippen LogP contribution in [0.15, 0.2) is 15.1 Å². The molecule has 0 aromatic carbocycles. The molecule has 0 amide bonds. The number of aromatic nitrogens is 3. The largest absolute Gasteiger partial charge is 0.409 e. The molecule has 7 nitrogen and oxygen atoms in total. The van der Waals surface area contributed by atoms with E-state index >= 15 is 0 Å². The number of hydrogen-bond acceptors (Lipinski definition) is 5. The lowest BCUT2D eigenvalue weighted by Gasteiger charge is -2.06. The fourth-order valence-corrected chi connectivity index (χ4v) is 1.56. The van der Waals surface area contributed by atoms with E-state index in [-0.39, 0.29) is 16.8 Å². The summed E-state index contributed by atoms with van der Waals surface area (Å²) in [6.45, 7) is 1.75. The van der Waals surface area contributed by atoms with Gasteiger partial charge in [-0.15, -0.1) is 5.10 Å². The maximum absolute atomic E-state index is 11.0. The number of H-pyrrole nitrogens is 1. The number of aromatic amines is 1. The summed E-state index contributed by atoms with van der Waals surface area (Å²) in [5, 5.41) is 17.6. The lowest BCUT2D eigenvalue weighted by Crippen LogP contribution is -2.24. The molecule has 0 radical (unpaired) electrons. The first-order chi connectivity index (χ1) is 6.56. The van der Waals surface area contributed by atoms with E-state index in [1.54, 1.807) is 14.0 Å². The average Bonchev–Trinajstić information content (AvgIpc) is 2.48. The van der Waals surface area contributed by atoms with Crippen LogP contribution in [-0.4, -0.2) is 31.1 Å². The van der Waals surface area contributed by atoms with E-state index in [0.717, 1.165) is 0 Å². The van der Waals surface area contributed by atoms with Gasteiger partial charge in [0.15, 0.2) is 11.0 Å². The highest BCUT2D eigenvalue weighted by atomic mass is 32.2. The summed E-state index contributed by atoms with van der Waals surface area (Å²) in [4.78, 5) is 11.0. The van der Waals surface area contributed by atoms with Crippen LogP contribution < -0.4 is 11.4 Å². The predicted molar refractivity (Wildman–Crippen MR) is 52.6 cm³/mol. The van der Waals surface area contributed by atoms with Gasteiger partial charge in [-0.05, 0) is 6.92 Å². The van der Waals surface area contributed by atoms with E-state index in [2.05, 4.69) is 15.4 Å². The van der Waals surface area contributed by atoms with Crippen LogP contribution in [0.25, 0.3) is 0 Å². The van der Waals surface area contributed by atoms with Gasteiger partial charge in [0, 0.05) is 7.05 Å². The van der Waals surface area contributed by atoms with Gasteiger partial charge in [0.1, 0.15) is 0 Å². The first kappa shape index (κ1) is 10.6. The summed E-state index contributed by atoms with van der Waals surface area (Å²) in [5.41, 5.74) is 5.08. The van der Waals surface area contributed by atoms with Gasteiger partial charge in [-0.2, -0.15) is 0 Å². The molecule has 0 fully saturated rings. The third-order valence-corrected chi connectivity index (χ3v) is 2.82. The third-order valence-electron chi connectivity index (χ3n) is 1.65. The van der Waals surface area contributed by atoms with Crippen molar-refractivity contribution >= 4 is 17.6 Å². The number of rotatable bonds is 3. The lowest BCUT2D eigenvalue weighted by molar-refractivity contribution is 0.317. The Morgan fingerprint density at radius 3 is 2.93 bits per heavy atom.